The Morgan fingerprint density at radius 3 is 2.29 bits per heavy atom. The SMILES string of the molecule is CCCCCCCOCCOCCNC(=O)c1ccc(C=O)cc1. The predicted octanol–water partition coefficient (Wildman–Crippen LogP) is 3.23. The lowest BCUT2D eigenvalue weighted by Crippen LogP contribution is -2.27. The highest BCUT2D eigenvalue weighted by atomic mass is 16.5. The number of unbranched alkanes of at least 4 members (excludes halogenated alkanes) is 4. The fourth-order valence-electron chi connectivity index (χ4n) is 2.18. The molecule has 1 aromatic carbocycles. The van der Waals surface area contributed by atoms with Crippen LogP contribution in [0.2, 0.25) is 0 Å². The summed E-state index contributed by atoms with van der Waals surface area (Å²) >= 11 is 0. The second-order valence-corrected chi connectivity index (χ2v) is 5.63. The van der Waals surface area contributed by atoms with Gasteiger partial charge in [0.25, 0.3) is 5.91 Å². The van der Waals surface area contributed by atoms with E-state index in [0.29, 0.717) is 37.5 Å². The minimum Gasteiger partial charge on any atom is -0.379 e. The predicted molar refractivity (Wildman–Crippen MR) is 94.6 cm³/mol. The Bertz CT molecular complexity index is 459. The zero-order valence-corrected chi connectivity index (χ0v) is 14.6. The second-order valence-electron chi connectivity index (χ2n) is 5.63. The summed E-state index contributed by atoms with van der Waals surface area (Å²) in [5.41, 5.74) is 1.09. The van der Waals surface area contributed by atoms with Crippen molar-refractivity contribution in [2.75, 3.05) is 33.0 Å². The maximum atomic E-state index is 11.8. The number of carbonyl (C=O) groups excluding carboxylic acids is 2. The van der Waals surface area contributed by atoms with E-state index in [9.17, 15) is 9.59 Å². The van der Waals surface area contributed by atoms with Crippen molar-refractivity contribution in [3.8, 4) is 0 Å². The Kier molecular flexibility index (Phi) is 11.6. The molecular formula is C19H29NO4. The Morgan fingerprint density at radius 1 is 0.958 bits per heavy atom. The van der Waals surface area contributed by atoms with Crippen molar-refractivity contribution in [2.45, 2.75) is 39.0 Å². The van der Waals surface area contributed by atoms with Crippen LogP contribution in [-0.4, -0.2) is 45.2 Å². The summed E-state index contributed by atoms with van der Waals surface area (Å²) < 4.78 is 10.9. The van der Waals surface area contributed by atoms with Crippen LogP contribution in [0.3, 0.4) is 0 Å². The molecule has 0 spiro atoms. The van der Waals surface area contributed by atoms with Crippen LogP contribution in [0.15, 0.2) is 24.3 Å². The van der Waals surface area contributed by atoms with Crippen LogP contribution in [0.1, 0.15) is 59.7 Å². The van der Waals surface area contributed by atoms with E-state index in [0.717, 1.165) is 19.3 Å². The number of nitrogens with one attached hydrogen (secondary N) is 1. The van der Waals surface area contributed by atoms with Crippen molar-refractivity contribution in [1.29, 1.82) is 0 Å². The number of hydrogen-bond acceptors (Lipinski definition) is 4. The smallest absolute Gasteiger partial charge is 0.251 e. The highest BCUT2D eigenvalue weighted by Crippen LogP contribution is 2.03. The van der Waals surface area contributed by atoms with Gasteiger partial charge in [-0.05, 0) is 18.6 Å². The average molecular weight is 335 g/mol. The van der Waals surface area contributed by atoms with E-state index in [2.05, 4.69) is 12.2 Å². The molecule has 1 aromatic rings. The zero-order valence-electron chi connectivity index (χ0n) is 14.6. The molecule has 1 N–H and O–H groups in total. The molecule has 0 saturated heterocycles. The number of benzene rings is 1. The molecule has 134 valence electrons. The Hall–Kier alpha value is -1.72. The fraction of sp³-hybridized carbons (Fsp3) is 0.579. The topological polar surface area (TPSA) is 64.6 Å². The lowest BCUT2D eigenvalue weighted by molar-refractivity contribution is 0.0468. The normalized spacial score (nSPS) is 10.5. The summed E-state index contributed by atoms with van der Waals surface area (Å²) in [4.78, 5) is 22.4. The molecule has 0 fully saturated rings. The lowest BCUT2D eigenvalue weighted by atomic mass is 10.1. The van der Waals surface area contributed by atoms with Crippen molar-refractivity contribution in [1.82, 2.24) is 5.32 Å². The number of rotatable bonds is 14. The summed E-state index contributed by atoms with van der Waals surface area (Å²) in [6, 6.07) is 6.51. The first-order valence-electron chi connectivity index (χ1n) is 8.77. The van der Waals surface area contributed by atoms with Crippen LogP contribution in [0.4, 0.5) is 0 Å². The van der Waals surface area contributed by atoms with Crippen LogP contribution in [0.5, 0.6) is 0 Å². The van der Waals surface area contributed by atoms with Gasteiger partial charge in [-0.1, -0.05) is 44.7 Å². The highest BCUT2D eigenvalue weighted by molar-refractivity contribution is 5.94. The summed E-state index contributed by atoms with van der Waals surface area (Å²) in [7, 11) is 0. The number of carbonyl (C=O) groups is 2. The van der Waals surface area contributed by atoms with Crippen LogP contribution >= 0.6 is 0 Å². The van der Waals surface area contributed by atoms with Gasteiger partial charge < -0.3 is 14.8 Å². The van der Waals surface area contributed by atoms with Gasteiger partial charge in [0.05, 0.1) is 19.8 Å². The minimum atomic E-state index is -0.167. The van der Waals surface area contributed by atoms with Gasteiger partial charge in [0, 0.05) is 24.3 Å². The molecule has 0 aliphatic heterocycles. The van der Waals surface area contributed by atoms with Crippen LogP contribution in [0, 0.1) is 0 Å². The molecule has 0 unspecified atom stereocenters. The molecular weight excluding hydrogens is 306 g/mol. The molecule has 1 rings (SSSR count). The molecule has 0 bridgehead atoms. The average Bonchev–Trinajstić information content (AvgIpc) is 2.62. The summed E-state index contributed by atoms with van der Waals surface area (Å²) in [5.74, 6) is -0.167. The van der Waals surface area contributed by atoms with E-state index in [1.54, 1.807) is 24.3 Å². The van der Waals surface area contributed by atoms with Gasteiger partial charge >= 0.3 is 0 Å². The number of ether oxygens (including phenoxy) is 2. The first kappa shape index (κ1) is 20.3. The van der Waals surface area contributed by atoms with E-state index in [4.69, 9.17) is 9.47 Å². The van der Waals surface area contributed by atoms with Crippen molar-refractivity contribution in [3.05, 3.63) is 35.4 Å². The van der Waals surface area contributed by atoms with Crippen molar-refractivity contribution < 1.29 is 19.1 Å². The van der Waals surface area contributed by atoms with Crippen LogP contribution in [-0.2, 0) is 9.47 Å². The first-order valence-corrected chi connectivity index (χ1v) is 8.77. The lowest BCUT2D eigenvalue weighted by Gasteiger charge is -2.07. The van der Waals surface area contributed by atoms with Gasteiger partial charge in [0.1, 0.15) is 6.29 Å². The molecule has 0 aliphatic rings. The van der Waals surface area contributed by atoms with Crippen molar-refractivity contribution in [2.24, 2.45) is 0 Å². The van der Waals surface area contributed by atoms with E-state index in [1.165, 1.54) is 25.7 Å². The summed E-state index contributed by atoms with van der Waals surface area (Å²) in [6.07, 6.45) is 6.94. The highest BCUT2D eigenvalue weighted by Gasteiger charge is 2.04. The molecule has 0 aliphatic carbocycles. The van der Waals surface area contributed by atoms with Gasteiger partial charge in [-0.25, -0.2) is 0 Å². The fourth-order valence-corrected chi connectivity index (χ4v) is 2.18. The second kappa shape index (κ2) is 13.7. The van der Waals surface area contributed by atoms with Crippen molar-refractivity contribution in [3.63, 3.8) is 0 Å². The van der Waals surface area contributed by atoms with Gasteiger partial charge in [0.2, 0.25) is 0 Å². The van der Waals surface area contributed by atoms with Gasteiger partial charge in [-0.3, -0.25) is 9.59 Å². The maximum absolute atomic E-state index is 11.8. The Labute approximate surface area is 144 Å². The van der Waals surface area contributed by atoms with Gasteiger partial charge in [-0.15, -0.1) is 0 Å². The number of aldehydes is 1. The van der Waals surface area contributed by atoms with Crippen molar-refractivity contribution >= 4 is 12.2 Å². The van der Waals surface area contributed by atoms with E-state index < -0.39 is 0 Å². The molecule has 0 atom stereocenters. The summed E-state index contributed by atoms with van der Waals surface area (Å²) in [5, 5.41) is 2.77. The van der Waals surface area contributed by atoms with E-state index in [-0.39, 0.29) is 5.91 Å². The Morgan fingerprint density at radius 2 is 1.62 bits per heavy atom. The third-order valence-corrected chi connectivity index (χ3v) is 3.61. The molecule has 5 heteroatoms. The summed E-state index contributed by atoms with van der Waals surface area (Å²) in [6.45, 7) is 5.04. The largest absolute Gasteiger partial charge is 0.379 e. The van der Waals surface area contributed by atoms with E-state index >= 15 is 0 Å². The minimum absolute atomic E-state index is 0.167. The van der Waals surface area contributed by atoms with E-state index in [1.807, 2.05) is 0 Å². The zero-order chi connectivity index (χ0) is 17.5. The van der Waals surface area contributed by atoms with Crippen LogP contribution < -0.4 is 5.32 Å². The third kappa shape index (κ3) is 9.43. The third-order valence-electron chi connectivity index (χ3n) is 3.61. The molecule has 0 heterocycles. The molecule has 1 amide bonds. The molecule has 0 aromatic heterocycles. The standard InChI is InChI=1S/C19H29NO4/c1-2-3-4-5-6-12-23-14-15-24-13-11-20-19(22)18-9-7-17(16-21)8-10-18/h7-10,16H,2-6,11-15H2,1H3,(H,20,22). The maximum Gasteiger partial charge on any atom is 0.251 e. The Balaban J connectivity index is 1.94. The quantitative estimate of drug-likeness (QED) is 0.419. The monoisotopic (exact) mass is 335 g/mol. The molecule has 0 radical (unpaired) electrons. The number of amides is 1. The number of hydrogen-bond donors (Lipinski definition) is 1. The first-order chi connectivity index (χ1) is 11.8. The molecule has 24 heavy (non-hydrogen) atoms. The van der Waals surface area contributed by atoms with Gasteiger partial charge in [0.15, 0.2) is 0 Å². The van der Waals surface area contributed by atoms with Crippen LogP contribution in [0.25, 0.3) is 0 Å². The molecule has 5 nitrogen and oxygen atoms in total. The van der Waals surface area contributed by atoms with Gasteiger partial charge in [-0.2, -0.15) is 0 Å². The molecule has 0 saturated carbocycles.